The molecule has 0 bridgehead atoms. The Balaban J connectivity index is 1.10. The molecule has 0 spiro atoms. The summed E-state index contributed by atoms with van der Waals surface area (Å²) in [5.74, 6) is 0.556. The number of aromatic nitrogens is 2. The largest absolute Gasteiger partial charge is 0.462 e. The minimum atomic E-state index is -0.446. The summed E-state index contributed by atoms with van der Waals surface area (Å²) < 4.78 is 12.6. The molecule has 0 aliphatic carbocycles. The van der Waals surface area contributed by atoms with Gasteiger partial charge in [-0.3, -0.25) is 9.36 Å². The first-order valence-electron chi connectivity index (χ1n) is 12.8. The SMILES string of the molecule is Nc1ccn(C2CSC(COC(=O)CCCCNCCCCCCNCc3ccccc3)O2)c(=O)n1. The van der Waals surface area contributed by atoms with E-state index in [-0.39, 0.29) is 23.8 Å². The lowest BCUT2D eigenvalue weighted by Gasteiger charge is -2.14. The average Bonchev–Trinajstić information content (AvgIpc) is 3.35. The van der Waals surface area contributed by atoms with Gasteiger partial charge in [-0.2, -0.15) is 4.98 Å². The number of nitrogens with zero attached hydrogens (tertiary/aromatic N) is 2. The molecule has 2 unspecified atom stereocenters. The third-order valence-corrected chi connectivity index (χ3v) is 6.99. The summed E-state index contributed by atoms with van der Waals surface area (Å²) in [6.45, 7) is 4.11. The molecule has 2 heterocycles. The van der Waals surface area contributed by atoms with Gasteiger partial charge in [0, 0.05) is 24.9 Å². The Morgan fingerprint density at radius 2 is 1.78 bits per heavy atom. The second kappa shape index (κ2) is 16.4. The molecule has 36 heavy (non-hydrogen) atoms. The summed E-state index contributed by atoms with van der Waals surface area (Å²) >= 11 is 1.51. The molecule has 1 saturated heterocycles. The number of hydrogen-bond donors (Lipinski definition) is 3. The van der Waals surface area contributed by atoms with Crippen molar-refractivity contribution in [3.63, 3.8) is 0 Å². The van der Waals surface area contributed by atoms with E-state index in [0.29, 0.717) is 12.2 Å². The van der Waals surface area contributed by atoms with Crippen LogP contribution in [0.5, 0.6) is 0 Å². The molecule has 0 amide bonds. The van der Waals surface area contributed by atoms with Gasteiger partial charge in [-0.25, -0.2) is 4.79 Å². The summed E-state index contributed by atoms with van der Waals surface area (Å²) in [4.78, 5) is 27.7. The van der Waals surface area contributed by atoms with Crippen LogP contribution in [0.3, 0.4) is 0 Å². The van der Waals surface area contributed by atoms with Gasteiger partial charge in [-0.05, 0) is 56.9 Å². The van der Waals surface area contributed by atoms with Crippen LogP contribution in [0.2, 0.25) is 0 Å². The van der Waals surface area contributed by atoms with Gasteiger partial charge in [0.25, 0.3) is 0 Å². The zero-order valence-corrected chi connectivity index (χ0v) is 21.7. The number of benzene rings is 1. The molecule has 1 aromatic carbocycles. The van der Waals surface area contributed by atoms with Crippen molar-refractivity contribution in [1.82, 2.24) is 20.2 Å². The molecule has 0 saturated carbocycles. The lowest BCUT2D eigenvalue weighted by molar-refractivity contribution is -0.147. The number of unbranched alkanes of at least 4 members (excludes halogenated alkanes) is 4. The first-order chi connectivity index (χ1) is 17.6. The van der Waals surface area contributed by atoms with Crippen molar-refractivity contribution in [2.75, 3.05) is 37.7 Å². The highest BCUT2D eigenvalue weighted by molar-refractivity contribution is 8.00. The third-order valence-electron chi connectivity index (χ3n) is 5.89. The number of esters is 1. The van der Waals surface area contributed by atoms with Crippen LogP contribution in [0.15, 0.2) is 47.4 Å². The van der Waals surface area contributed by atoms with E-state index in [0.717, 1.165) is 39.0 Å². The van der Waals surface area contributed by atoms with Crippen LogP contribution in [0.25, 0.3) is 0 Å². The molecule has 198 valence electrons. The van der Waals surface area contributed by atoms with Gasteiger partial charge in [0.15, 0.2) is 0 Å². The summed E-state index contributed by atoms with van der Waals surface area (Å²) in [5, 5.41) is 6.95. The molecule has 1 fully saturated rings. The van der Waals surface area contributed by atoms with Gasteiger partial charge in [0.05, 0.1) is 0 Å². The van der Waals surface area contributed by atoms with E-state index in [4.69, 9.17) is 15.2 Å². The molecule has 1 aliphatic heterocycles. The molecule has 1 aliphatic rings. The molecule has 4 N–H and O–H groups in total. The fraction of sp³-hybridized carbons (Fsp3) is 0.577. The molecule has 1 aromatic heterocycles. The smallest absolute Gasteiger partial charge is 0.351 e. The second-order valence-corrected chi connectivity index (χ2v) is 10.1. The van der Waals surface area contributed by atoms with E-state index < -0.39 is 11.9 Å². The highest BCUT2D eigenvalue weighted by Gasteiger charge is 2.29. The van der Waals surface area contributed by atoms with E-state index in [9.17, 15) is 9.59 Å². The van der Waals surface area contributed by atoms with Crippen molar-refractivity contribution in [1.29, 1.82) is 0 Å². The van der Waals surface area contributed by atoms with Crippen LogP contribution in [-0.2, 0) is 20.8 Å². The highest BCUT2D eigenvalue weighted by atomic mass is 32.2. The second-order valence-electron chi connectivity index (χ2n) is 8.86. The van der Waals surface area contributed by atoms with Crippen LogP contribution in [0.1, 0.15) is 56.7 Å². The lowest BCUT2D eigenvalue weighted by Crippen LogP contribution is -2.29. The normalized spacial score (nSPS) is 17.3. The number of nitrogen functional groups attached to an aromatic ring is 1. The maximum atomic E-state index is 12.0. The Morgan fingerprint density at radius 1 is 1.06 bits per heavy atom. The molecule has 2 atom stereocenters. The Hall–Kier alpha value is -2.40. The number of rotatable bonds is 17. The number of carbonyl (C=O) groups is 1. The monoisotopic (exact) mass is 517 g/mol. The Labute approximate surface area is 217 Å². The molecule has 3 rings (SSSR count). The summed E-state index contributed by atoms with van der Waals surface area (Å²) in [5.41, 5.74) is 6.12. The fourth-order valence-corrected chi connectivity index (χ4v) is 4.87. The fourth-order valence-electron chi connectivity index (χ4n) is 3.88. The van der Waals surface area contributed by atoms with Gasteiger partial charge < -0.3 is 25.8 Å². The topological polar surface area (TPSA) is 121 Å². The van der Waals surface area contributed by atoms with Crippen molar-refractivity contribution in [2.24, 2.45) is 0 Å². The van der Waals surface area contributed by atoms with Crippen LogP contribution in [0.4, 0.5) is 5.82 Å². The minimum absolute atomic E-state index is 0.178. The van der Waals surface area contributed by atoms with E-state index in [1.165, 1.54) is 47.6 Å². The number of hydrogen-bond acceptors (Lipinski definition) is 9. The summed E-state index contributed by atoms with van der Waals surface area (Å²) in [7, 11) is 0. The average molecular weight is 518 g/mol. The molecular weight excluding hydrogens is 478 g/mol. The quantitative estimate of drug-likeness (QED) is 0.215. The number of ether oxygens (including phenoxy) is 2. The van der Waals surface area contributed by atoms with Crippen LogP contribution in [-0.4, -0.2) is 53.0 Å². The molecule has 2 aromatic rings. The van der Waals surface area contributed by atoms with Crippen LogP contribution < -0.4 is 22.1 Å². The van der Waals surface area contributed by atoms with E-state index in [2.05, 4.69) is 39.9 Å². The number of nitrogens with two attached hydrogens (primary N) is 1. The van der Waals surface area contributed by atoms with Gasteiger partial charge >= 0.3 is 11.7 Å². The highest BCUT2D eigenvalue weighted by Crippen LogP contribution is 2.31. The van der Waals surface area contributed by atoms with Gasteiger partial charge in [0.1, 0.15) is 24.1 Å². The van der Waals surface area contributed by atoms with Gasteiger partial charge in [-0.1, -0.05) is 43.2 Å². The van der Waals surface area contributed by atoms with Crippen LogP contribution in [0, 0.1) is 0 Å². The van der Waals surface area contributed by atoms with Crippen molar-refractivity contribution in [2.45, 2.75) is 63.2 Å². The maximum Gasteiger partial charge on any atom is 0.351 e. The van der Waals surface area contributed by atoms with Crippen LogP contribution >= 0.6 is 11.8 Å². The maximum absolute atomic E-state index is 12.0. The number of thioether (sulfide) groups is 1. The number of anilines is 1. The van der Waals surface area contributed by atoms with Gasteiger partial charge in [-0.15, -0.1) is 11.8 Å². The first-order valence-corrected chi connectivity index (χ1v) is 13.9. The van der Waals surface area contributed by atoms with E-state index >= 15 is 0 Å². The van der Waals surface area contributed by atoms with E-state index in [1.807, 2.05) is 6.07 Å². The molecule has 10 heteroatoms. The number of nitrogens with one attached hydrogen (secondary N) is 2. The predicted molar refractivity (Wildman–Crippen MR) is 144 cm³/mol. The molecule has 9 nitrogen and oxygen atoms in total. The summed E-state index contributed by atoms with van der Waals surface area (Å²) in [6, 6.07) is 12.0. The molecule has 0 radical (unpaired) electrons. The van der Waals surface area contributed by atoms with Gasteiger partial charge in [0.2, 0.25) is 0 Å². The van der Waals surface area contributed by atoms with E-state index in [1.54, 1.807) is 12.3 Å². The van der Waals surface area contributed by atoms with Crippen molar-refractivity contribution in [3.8, 4) is 0 Å². The Morgan fingerprint density at radius 3 is 2.53 bits per heavy atom. The zero-order valence-electron chi connectivity index (χ0n) is 20.9. The number of carbonyl (C=O) groups excluding carboxylic acids is 1. The Kier molecular flexibility index (Phi) is 12.8. The molecular formula is C26H39N5O4S. The van der Waals surface area contributed by atoms with Crippen molar-refractivity contribution < 1.29 is 14.3 Å². The minimum Gasteiger partial charge on any atom is -0.462 e. The zero-order chi connectivity index (χ0) is 25.4. The van der Waals surface area contributed by atoms with Crippen molar-refractivity contribution in [3.05, 3.63) is 58.6 Å². The first kappa shape index (κ1) is 28.2. The lowest BCUT2D eigenvalue weighted by atomic mass is 10.2. The Bertz CT molecular complexity index is 959. The third kappa shape index (κ3) is 10.7. The summed E-state index contributed by atoms with van der Waals surface area (Å²) in [6.07, 6.45) is 8.15. The predicted octanol–water partition coefficient (Wildman–Crippen LogP) is 3.07. The van der Waals surface area contributed by atoms with Crippen molar-refractivity contribution >= 4 is 23.5 Å². The standard InChI is InChI=1S/C26H39N5O4S/c27-22-13-17-31(26(33)30-22)23-20-36-25(35-23)19-34-24(32)12-6-9-15-28-14-7-1-2-8-16-29-18-21-10-4-3-5-11-21/h3-5,10-11,13,17,23,25,28-29H,1-2,6-9,12,14-16,18-20H2,(H2,27,30,33).